The van der Waals surface area contributed by atoms with Crippen LogP contribution in [0.25, 0.3) is 11.5 Å². The van der Waals surface area contributed by atoms with Gasteiger partial charge in [0.05, 0.1) is 17.9 Å². The predicted octanol–water partition coefficient (Wildman–Crippen LogP) is 1.21. The third kappa shape index (κ3) is 2.28. The van der Waals surface area contributed by atoms with Crippen LogP contribution in [0.2, 0.25) is 0 Å². The molecule has 0 saturated heterocycles. The van der Waals surface area contributed by atoms with E-state index in [0.717, 1.165) is 0 Å². The van der Waals surface area contributed by atoms with Crippen LogP contribution in [-0.4, -0.2) is 21.3 Å². The molecule has 0 unspecified atom stereocenters. The molecule has 0 spiro atoms. The van der Waals surface area contributed by atoms with E-state index >= 15 is 0 Å². The minimum absolute atomic E-state index is 0.0586. The van der Waals surface area contributed by atoms with Gasteiger partial charge < -0.3 is 9.15 Å². The molecule has 6 nitrogen and oxygen atoms in total. The zero-order valence-corrected chi connectivity index (χ0v) is 8.93. The van der Waals surface area contributed by atoms with Gasteiger partial charge in [-0.05, 0) is 19.9 Å². The molecule has 0 aliphatic heterocycles. The largest absolute Gasteiger partial charge is 0.489 e. The second kappa shape index (κ2) is 4.18. The van der Waals surface area contributed by atoms with Gasteiger partial charge in [-0.2, -0.15) is 0 Å². The van der Waals surface area contributed by atoms with E-state index in [0.29, 0.717) is 11.3 Å². The summed E-state index contributed by atoms with van der Waals surface area (Å²) in [5.74, 6) is 0.218. The maximum Gasteiger partial charge on any atom is 0.434 e. The summed E-state index contributed by atoms with van der Waals surface area (Å²) >= 11 is 0. The molecule has 2 heterocycles. The van der Waals surface area contributed by atoms with E-state index < -0.39 is 5.76 Å². The third-order valence-corrected chi connectivity index (χ3v) is 1.77. The van der Waals surface area contributed by atoms with Crippen molar-refractivity contribution in [2.45, 2.75) is 20.0 Å². The average Bonchev–Trinajstić information content (AvgIpc) is 2.64. The van der Waals surface area contributed by atoms with Crippen molar-refractivity contribution in [2.75, 3.05) is 0 Å². The summed E-state index contributed by atoms with van der Waals surface area (Å²) in [6.45, 7) is 3.84. The summed E-state index contributed by atoms with van der Waals surface area (Å²) in [6, 6.07) is 1.71. The fourth-order valence-electron chi connectivity index (χ4n) is 1.23. The molecule has 0 amide bonds. The predicted molar refractivity (Wildman–Crippen MR) is 56.1 cm³/mol. The van der Waals surface area contributed by atoms with Crippen LogP contribution in [-0.2, 0) is 0 Å². The van der Waals surface area contributed by atoms with Crippen LogP contribution in [0.1, 0.15) is 13.8 Å². The number of nitrogens with one attached hydrogen (secondary N) is 1. The molecule has 2 aromatic heterocycles. The number of hydrogen-bond donors (Lipinski definition) is 1. The van der Waals surface area contributed by atoms with E-state index in [1.807, 2.05) is 13.8 Å². The summed E-state index contributed by atoms with van der Waals surface area (Å²) in [5, 5.41) is 5.89. The number of aromatic amines is 1. The van der Waals surface area contributed by atoms with Gasteiger partial charge >= 0.3 is 5.76 Å². The number of hydrogen-bond acceptors (Lipinski definition) is 5. The number of pyridine rings is 1. The van der Waals surface area contributed by atoms with Crippen LogP contribution in [0.4, 0.5) is 0 Å². The van der Waals surface area contributed by atoms with Gasteiger partial charge in [-0.3, -0.25) is 4.98 Å². The molecule has 1 N–H and O–H groups in total. The minimum Gasteiger partial charge on any atom is -0.489 e. The number of nitrogens with zero attached hydrogens (tertiary/aromatic N) is 2. The van der Waals surface area contributed by atoms with E-state index in [4.69, 9.17) is 9.15 Å². The lowest BCUT2D eigenvalue weighted by Gasteiger charge is -2.08. The number of rotatable bonds is 3. The molecular formula is C10H11N3O3. The van der Waals surface area contributed by atoms with Crippen LogP contribution in [0.5, 0.6) is 5.75 Å². The van der Waals surface area contributed by atoms with E-state index in [-0.39, 0.29) is 12.0 Å². The van der Waals surface area contributed by atoms with Gasteiger partial charge in [0.1, 0.15) is 5.75 Å². The highest BCUT2D eigenvalue weighted by atomic mass is 16.5. The number of aromatic nitrogens is 3. The van der Waals surface area contributed by atoms with Crippen molar-refractivity contribution >= 4 is 0 Å². The van der Waals surface area contributed by atoms with Crippen LogP contribution in [0.3, 0.4) is 0 Å². The zero-order chi connectivity index (χ0) is 11.5. The Bertz CT molecular complexity index is 530. The van der Waals surface area contributed by atoms with Crippen LogP contribution >= 0.6 is 0 Å². The van der Waals surface area contributed by atoms with Gasteiger partial charge in [-0.1, -0.05) is 0 Å². The van der Waals surface area contributed by atoms with Gasteiger partial charge in [0, 0.05) is 6.20 Å². The molecule has 2 aromatic rings. The molecule has 0 aliphatic rings. The highest BCUT2D eigenvalue weighted by Crippen LogP contribution is 2.20. The topological polar surface area (TPSA) is 81.0 Å². The zero-order valence-electron chi connectivity index (χ0n) is 8.93. The lowest BCUT2D eigenvalue weighted by atomic mass is 10.3. The van der Waals surface area contributed by atoms with Crippen molar-refractivity contribution in [3.8, 4) is 17.2 Å². The molecule has 0 fully saturated rings. The summed E-state index contributed by atoms with van der Waals surface area (Å²) in [4.78, 5) is 14.8. The molecule has 0 bridgehead atoms. The fourth-order valence-corrected chi connectivity index (χ4v) is 1.23. The third-order valence-electron chi connectivity index (χ3n) is 1.77. The molecule has 0 radical (unpaired) electrons. The van der Waals surface area contributed by atoms with Crippen LogP contribution in [0.15, 0.2) is 27.7 Å². The summed E-state index contributed by atoms with van der Waals surface area (Å²) in [5.41, 5.74) is 0.594. The van der Waals surface area contributed by atoms with Crippen molar-refractivity contribution in [3.05, 3.63) is 29.0 Å². The first-order chi connectivity index (χ1) is 7.65. The van der Waals surface area contributed by atoms with Crippen molar-refractivity contribution in [1.29, 1.82) is 0 Å². The van der Waals surface area contributed by atoms with Gasteiger partial charge in [-0.15, -0.1) is 5.10 Å². The quantitative estimate of drug-likeness (QED) is 0.842. The van der Waals surface area contributed by atoms with Gasteiger partial charge in [0.2, 0.25) is 0 Å². The molecule has 2 rings (SSSR count). The van der Waals surface area contributed by atoms with Gasteiger partial charge in [-0.25, -0.2) is 9.89 Å². The first kappa shape index (κ1) is 10.4. The molecule has 16 heavy (non-hydrogen) atoms. The SMILES string of the molecule is CC(C)Oc1cncc(-c2n[nH]c(=O)o2)c1. The van der Waals surface area contributed by atoms with Crippen molar-refractivity contribution in [3.63, 3.8) is 0 Å². The number of H-pyrrole nitrogens is 1. The molecule has 84 valence electrons. The van der Waals surface area contributed by atoms with Crippen LogP contribution in [0, 0.1) is 0 Å². The first-order valence-electron chi connectivity index (χ1n) is 4.83. The Labute approximate surface area is 91.3 Å². The summed E-state index contributed by atoms with van der Waals surface area (Å²) in [6.07, 6.45) is 3.20. The van der Waals surface area contributed by atoms with Crippen molar-refractivity contribution < 1.29 is 9.15 Å². The Balaban J connectivity index is 2.32. The maximum absolute atomic E-state index is 10.8. The summed E-state index contributed by atoms with van der Waals surface area (Å²) in [7, 11) is 0. The van der Waals surface area contributed by atoms with E-state index in [2.05, 4.69) is 15.2 Å². The number of ether oxygens (including phenoxy) is 1. The van der Waals surface area contributed by atoms with Crippen LogP contribution < -0.4 is 10.5 Å². The van der Waals surface area contributed by atoms with E-state index in [9.17, 15) is 4.79 Å². The smallest absolute Gasteiger partial charge is 0.434 e. The second-order valence-corrected chi connectivity index (χ2v) is 3.49. The first-order valence-corrected chi connectivity index (χ1v) is 4.83. The minimum atomic E-state index is -0.592. The normalized spacial score (nSPS) is 10.7. The van der Waals surface area contributed by atoms with Gasteiger partial charge in [0.15, 0.2) is 0 Å². The molecule has 0 atom stereocenters. The highest BCUT2D eigenvalue weighted by Gasteiger charge is 2.07. The lowest BCUT2D eigenvalue weighted by Crippen LogP contribution is -2.05. The standard InChI is InChI=1S/C10H11N3O3/c1-6(2)15-8-3-7(4-11-5-8)9-12-13-10(14)16-9/h3-6H,1-2H3,(H,13,14). The highest BCUT2D eigenvalue weighted by molar-refractivity contribution is 5.53. The van der Waals surface area contributed by atoms with Crippen molar-refractivity contribution in [2.24, 2.45) is 0 Å². The van der Waals surface area contributed by atoms with E-state index in [1.54, 1.807) is 18.5 Å². The second-order valence-electron chi connectivity index (χ2n) is 3.49. The Hall–Kier alpha value is -2.11. The molecule has 6 heteroatoms. The van der Waals surface area contributed by atoms with Gasteiger partial charge in [0.25, 0.3) is 5.89 Å². The fraction of sp³-hybridized carbons (Fsp3) is 0.300. The Morgan fingerprint density at radius 3 is 2.88 bits per heavy atom. The summed E-state index contributed by atoms with van der Waals surface area (Å²) < 4.78 is 10.3. The Morgan fingerprint density at radius 2 is 2.25 bits per heavy atom. The van der Waals surface area contributed by atoms with E-state index in [1.165, 1.54) is 0 Å². The molecular weight excluding hydrogens is 210 g/mol. The maximum atomic E-state index is 10.8. The average molecular weight is 221 g/mol. The molecule has 0 saturated carbocycles. The Kier molecular flexibility index (Phi) is 2.72. The lowest BCUT2D eigenvalue weighted by molar-refractivity contribution is 0.241. The van der Waals surface area contributed by atoms with Crippen molar-refractivity contribution in [1.82, 2.24) is 15.2 Å². The molecule has 0 aromatic carbocycles. The molecule has 0 aliphatic carbocycles. The Morgan fingerprint density at radius 1 is 1.44 bits per heavy atom. The monoisotopic (exact) mass is 221 g/mol.